The van der Waals surface area contributed by atoms with Crippen LogP contribution in [0, 0.1) is 0 Å². The molecular weight excluding hydrogens is 320 g/mol. The highest BCUT2D eigenvalue weighted by molar-refractivity contribution is 7.89. The Kier molecular flexibility index (Phi) is 7.31. The second kappa shape index (κ2) is 8.73. The highest BCUT2D eigenvalue weighted by atomic mass is 32.2. The molecule has 1 aromatic rings. The van der Waals surface area contributed by atoms with Crippen molar-refractivity contribution in [3.8, 4) is 11.5 Å². The normalized spacial score (nSPS) is 12.5. The number of hydrogen-bond acceptors (Lipinski definition) is 5. The Balaban J connectivity index is 2.84. The van der Waals surface area contributed by atoms with E-state index in [0.717, 1.165) is 12.8 Å². The molecule has 0 aliphatic carbocycles. The second-order valence-corrected chi connectivity index (χ2v) is 6.72. The molecule has 2 N–H and O–H groups in total. The van der Waals surface area contributed by atoms with Crippen LogP contribution in [0.3, 0.4) is 0 Å². The molecule has 0 heterocycles. The van der Waals surface area contributed by atoms with Gasteiger partial charge in [0.05, 0.1) is 25.2 Å². The molecule has 0 saturated heterocycles. The maximum absolute atomic E-state index is 12.4. The van der Waals surface area contributed by atoms with E-state index in [4.69, 9.17) is 9.47 Å². The van der Waals surface area contributed by atoms with Gasteiger partial charge in [-0.3, -0.25) is 4.79 Å². The van der Waals surface area contributed by atoms with Gasteiger partial charge in [-0.2, -0.15) is 4.72 Å². The van der Waals surface area contributed by atoms with Crippen LogP contribution in [0.5, 0.6) is 11.5 Å². The molecule has 0 aromatic heterocycles. The van der Waals surface area contributed by atoms with Crippen LogP contribution in [0.2, 0.25) is 0 Å². The Morgan fingerprint density at radius 2 is 1.87 bits per heavy atom. The van der Waals surface area contributed by atoms with Crippen LogP contribution in [-0.4, -0.2) is 41.1 Å². The van der Waals surface area contributed by atoms with Crippen LogP contribution in [0.4, 0.5) is 0 Å². The number of hydrogen-bond donors (Lipinski definition) is 2. The van der Waals surface area contributed by atoms with Crippen molar-refractivity contribution in [1.29, 1.82) is 0 Å². The Bertz CT molecular complexity index is 631. The summed E-state index contributed by atoms with van der Waals surface area (Å²) in [6.07, 6.45) is 1.80. The summed E-state index contributed by atoms with van der Waals surface area (Å²) >= 11 is 0. The molecule has 0 aliphatic heterocycles. The molecule has 1 aromatic carbocycles. The summed E-state index contributed by atoms with van der Waals surface area (Å²) in [7, 11) is -0.952. The summed E-state index contributed by atoms with van der Waals surface area (Å²) in [6.45, 7) is 4.03. The van der Waals surface area contributed by atoms with E-state index in [1.54, 1.807) is 0 Å². The first kappa shape index (κ1) is 19.2. The lowest BCUT2D eigenvalue weighted by Crippen LogP contribution is -2.44. The Morgan fingerprint density at radius 1 is 1.22 bits per heavy atom. The third kappa shape index (κ3) is 5.40. The van der Waals surface area contributed by atoms with Crippen molar-refractivity contribution in [2.24, 2.45) is 0 Å². The molecular formula is C15H24N2O5S. The number of sulfonamides is 1. The average molecular weight is 344 g/mol. The van der Waals surface area contributed by atoms with E-state index in [2.05, 4.69) is 10.0 Å². The van der Waals surface area contributed by atoms with Gasteiger partial charge in [0, 0.05) is 12.6 Å². The van der Waals surface area contributed by atoms with E-state index in [0.29, 0.717) is 18.0 Å². The highest BCUT2D eigenvalue weighted by Gasteiger charge is 2.23. The molecule has 130 valence electrons. The summed E-state index contributed by atoms with van der Waals surface area (Å²) in [5.74, 6) is 0.370. The van der Waals surface area contributed by atoms with Crippen molar-refractivity contribution < 1.29 is 22.7 Å². The molecule has 0 saturated carbocycles. The molecule has 8 heteroatoms. The fourth-order valence-corrected chi connectivity index (χ4v) is 3.10. The van der Waals surface area contributed by atoms with Gasteiger partial charge in [-0.1, -0.05) is 13.3 Å². The third-order valence-electron chi connectivity index (χ3n) is 3.22. The first-order chi connectivity index (χ1) is 10.9. The highest BCUT2D eigenvalue weighted by Crippen LogP contribution is 2.29. The lowest BCUT2D eigenvalue weighted by molar-refractivity contribution is -0.122. The van der Waals surface area contributed by atoms with Gasteiger partial charge in [0.2, 0.25) is 15.9 Å². The number of amides is 1. The quantitative estimate of drug-likeness (QED) is 0.658. The number of nitrogens with one attached hydrogen (secondary N) is 2. The summed E-state index contributed by atoms with van der Waals surface area (Å²) in [6, 6.07) is 3.37. The molecule has 1 amide bonds. The van der Waals surface area contributed by atoms with Crippen molar-refractivity contribution in [2.45, 2.75) is 37.6 Å². The van der Waals surface area contributed by atoms with E-state index in [1.807, 2.05) is 6.92 Å². The van der Waals surface area contributed by atoms with Gasteiger partial charge in [0.25, 0.3) is 0 Å². The smallest absolute Gasteiger partial charge is 0.241 e. The maximum atomic E-state index is 12.4. The van der Waals surface area contributed by atoms with E-state index in [9.17, 15) is 13.2 Å². The predicted octanol–water partition coefficient (Wildman–Crippen LogP) is 1.29. The number of benzene rings is 1. The van der Waals surface area contributed by atoms with Gasteiger partial charge < -0.3 is 14.8 Å². The molecule has 0 radical (unpaired) electrons. The van der Waals surface area contributed by atoms with Crippen LogP contribution in [0.15, 0.2) is 23.1 Å². The number of carbonyl (C=O) groups is 1. The van der Waals surface area contributed by atoms with Crippen LogP contribution in [0.1, 0.15) is 26.7 Å². The number of rotatable bonds is 9. The molecule has 1 atom stereocenters. The summed E-state index contributed by atoms with van der Waals surface area (Å²) in [4.78, 5) is 11.9. The van der Waals surface area contributed by atoms with Crippen molar-refractivity contribution in [3.63, 3.8) is 0 Å². The first-order valence-electron chi connectivity index (χ1n) is 7.37. The van der Waals surface area contributed by atoms with Crippen LogP contribution < -0.4 is 19.5 Å². The minimum Gasteiger partial charge on any atom is -0.493 e. The van der Waals surface area contributed by atoms with Gasteiger partial charge in [-0.25, -0.2) is 8.42 Å². The Labute approximate surface area is 137 Å². The molecule has 0 aliphatic rings. The Morgan fingerprint density at radius 3 is 2.43 bits per heavy atom. The molecule has 1 unspecified atom stereocenters. The summed E-state index contributed by atoms with van der Waals surface area (Å²) < 4.78 is 37.2. The lowest BCUT2D eigenvalue weighted by Gasteiger charge is -2.15. The number of methoxy groups -OCH3 is 2. The minimum absolute atomic E-state index is 0.00311. The standard InChI is InChI=1S/C15H24N2O5S/c1-5-6-9-16-15(18)11(2)17-23(19,20)12-7-8-13(21-3)14(10-12)22-4/h7-8,10-11,17H,5-6,9H2,1-4H3,(H,16,18). The molecule has 0 bridgehead atoms. The monoisotopic (exact) mass is 344 g/mol. The van der Waals surface area contributed by atoms with Crippen LogP contribution >= 0.6 is 0 Å². The van der Waals surface area contributed by atoms with E-state index in [1.165, 1.54) is 39.3 Å². The average Bonchev–Trinajstić information content (AvgIpc) is 2.53. The Hall–Kier alpha value is -1.80. The topological polar surface area (TPSA) is 93.7 Å². The van der Waals surface area contributed by atoms with Gasteiger partial charge in [-0.05, 0) is 25.5 Å². The van der Waals surface area contributed by atoms with Gasteiger partial charge in [0.15, 0.2) is 11.5 Å². The number of ether oxygens (including phenoxy) is 2. The SMILES string of the molecule is CCCCNC(=O)C(C)NS(=O)(=O)c1ccc(OC)c(OC)c1. The van der Waals surface area contributed by atoms with Crippen molar-refractivity contribution in [2.75, 3.05) is 20.8 Å². The van der Waals surface area contributed by atoms with Gasteiger partial charge in [-0.15, -0.1) is 0 Å². The van der Waals surface area contributed by atoms with Crippen molar-refractivity contribution in [1.82, 2.24) is 10.0 Å². The fraction of sp³-hybridized carbons (Fsp3) is 0.533. The zero-order chi connectivity index (χ0) is 17.5. The lowest BCUT2D eigenvalue weighted by atomic mass is 10.3. The zero-order valence-corrected chi connectivity index (χ0v) is 14.7. The molecule has 1 rings (SSSR count). The summed E-state index contributed by atoms with van der Waals surface area (Å²) in [5.41, 5.74) is 0. The van der Waals surface area contributed by atoms with Crippen molar-refractivity contribution in [3.05, 3.63) is 18.2 Å². The van der Waals surface area contributed by atoms with Crippen LogP contribution in [0.25, 0.3) is 0 Å². The molecule has 0 spiro atoms. The van der Waals surface area contributed by atoms with Crippen molar-refractivity contribution >= 4 is 15.9 Å². The van der Waals surface area contributed by atoms with Crippen LogP contribution in [-0.2, 0) is 14.8 Å². The van der Waals surface area contributed by atoms with E-state index < -0.39 is 16.1 Å². The molecule has 7 nitrogen and oxygen atoms in total. The van der Waals surface area contributed by atoms with E-state index in [-0.39, 0.29) is 10.8 Å². The number of carbonyl (C=O) groups excluding carboxylic acids is 1. The maximum Gasteiger partial charge on any atom is 0.241 e. The van der Waals surface area contributed by atoms with Gasteiger partial charge in [0.1, 0.15) is 0 Å². The minimum atomic E-state index is -3.84. The molecule has 23 heavy (non-hydrogen) atoms. The van der Waals surface area contributed by atoms with Gasteiger partial charge >= 0.3 is 0 Å². The fourth-order valence-electron chi connectivity index (χ4n) is 1.88. The second-order valence-electron chi connectivity index (χ2n) is 5.00. The summed E-state index contributed by atoms with van der Waals surface area (Å²) in [5, 5.41) is 2.69. The predicted molar refractivity (Wildman–Crippen MR) is 87.2 cm³/mol. The zero-order valence-electron chi connectivity index (χ0n) is 13.9. The number of unbranched alkanes of at least 4 members (excludes halogenated alkanes) is 1. The third-order valence-corrected chi connectivity index (χ3v) is 4.76. The first-order valence-corrected chi connectivity index (χ1v) is 8.86. The van der Waals surface area contributed by atoms with E-state index >= 15 is 0 Å². The molecule has 0 fully saturated rings. The largest absolute Gasteiger partial charge is 0.493 e.